The van der Waals surface area contributed by atoms with Gasteiger partial charge in [-0.25, -0.2) is 4.79 Å². The van der Waals surface area contributed by atoms with Gasteiger partial charge in [0.15, 0.2) is 0 Å². The molecule has 1 heterocycles. The Morgan fingerprint density at radius 3 is 2.24 bits per heavy atom. The lowest BCUT2D eigenvalue weighted by Gasteiger charge is -2.13. The Bertz CT molecular complexity index is 864. The van der Waals surface area contributed by atoms with Crippen molar-refractivity contribution in [2.24, 2.45) is 0 Å². The van der Waals surface area contributed by atoms with Gasteiger partial charge in [-0.1, -0.05) is 53.6 Å². The van der Waals surface area contributed by atoms with Crippen LogP contribution in [0.1, 0.15) is 32.9 Å². The number of halogens is 1. The highest BCUT2D eigenvalue weighted by Gasteiger charge is 2.16. The van der Waals surface area contributed by atoms with Crippen LogP contribution in [0.5, 0.6) is 0 Å². The average Bonchev–Trinajstić information content (AvgIpc) is 3.00. The normalized spacial score (nSPS) is 10.7. The van der Waals surface area contributed by atoms with E-state index in [-0.39, 0.29) is 5.97 Å². The molecule has 0 saturated heterocycles. The maximum absolute atomic E-state index is 12.1. The molecule has 3 aromatic rings. The van der Waals surface area contributed by atoms with Crippen molar-refractivity contribution in [2.75, 3.05) is 7.11 Å². The Morgan fingerprint density at radius 2 is 1.60 bits per heavy atom. The van der Waals surface area contributed by atoms with Crippen molar-refractivity contribution in [1.82, 2.24) is 4.57 Å². The van der Waals surface area contributed by atoms with Gasteiger partial charge in [0, 0.05) is 23.7 Å². The maximum Gasteiger partial charge on any atom is 0.354 e. The number of carbonyl (C=O) groups excluding carboxylic acids is 1. The van der Waals surface area contributed by atoms with Gasteiger partial charge >= 0.3 is 5.97 Å². The number of benzene rings is 2. The Labute approximate surface area is 152 Å². The first-order chi connectivity index (χ1) is 12.1. The first kappa shape index (κ1) is 17.3. The number of nitrogens with zero attached hydrogens (tertiary/aromatic N) is 1. The van der Waals surface area contributed by atoms with Crippen LogP contribution in [0.25, 0.3) is 0 Å². The molecule has 1 aromatic heterocycles. The van der Waals surface area contributed by atoms with E-state index in [4.69, 9.17) is 16.3 Å². The molecule has 0 radical (unpaired) electrons. The minimum absolute atomic E-state index is 0.330. The molecule has 0 aliphatic rings. The monoisotopic (exact) mass is 353 g/mol. The number of hydrogen-bond donors (Lipinski definition) is 0. The highest BCUT2D eigenvalue weighted by Crippen LogP contribution is 2.19. The molecular formula is C21H20ClNO2. The highest BCUT2D eigenvalue weighted by atomic mass is 35.5. The van der Waals surface area contributed by atoms with Crippen LogP contribution >= 0.6 is 11.6 Å². The fraction of sp³-hybridized carbons (Fsp3) is 0.190. The number of aryl methyl sites for hydroxylation is 1. The minimum atomic E-state index is -0.330. The lowest BCUT2D eigenvalue weighted by atomic mass is 10.1. The Hall–Kier alpha value is -2.52. The number of methoxy groups -OCH3 is 1. The van der Waals surface area contributed by atoms with Crippen LogP contribution in [-0.2, 0) is 17.7 Å². The molecule has 128 valence electrons. The number of carbonyl (C=O) groups is 1. The predicted molar refractivity (Wildman–Crippen MR) is 100 cm³/mol. The third kappa shape index (κ3) is 4.12. The van der Waals surface area contributed by atoms with Gasteiger partial charge in [0.25, 0.3) is 0 Å². The van der Waals surface area contributed by atoms with E-state index in [1.54, 1.807) is 0 Å². The molecule has 0 fully saturated rings. The number of ether oxygens (including phenoxy) is 1. The molecule has 3 nitrogen and oxygen atoms in total. The summed E-state index contributed by atoms with van der Waals surface area (Å²) in [4.78, 5) is 12.1. The fourth-order valence-corrected chi connectivity index (χ4v) is 2.95. The molecule has 25 heavy (non-hydrogen) atoms. The third-order valence-electron chi connectivity index (χ3n) is 4.23. The van der Waals surface area contributed by atoms with E-state index in [2.05, 4.69) is 31.2 Å². The standard InChI is InChI=1S/C21H20ClNO2/c1-15-3-5-16(6-4-15)13-19-11-12-20(21(24)25-2)23(19)14-17-7-9-18(22)10-8-17/h3-12H,13-14H2,1-2H3. The van der Waals surface area contributed by atoms with Gasteiger partial charge in [-0.05, 0) is 42.3 Å². The van der Waals surface area contributed by atoms with Gasteiger partial charge in [0.1, 0.15) is 5.69 Å². The zero-order chi connectivity index (χ0) is 17.8. The molecular weight excluding hydrogens is 334 g/mol. The zero-order valence-corrected chi connectivity index (χ0v) is 15.1. The summed E-state index contributed by atoms with van der Waals surface area (Å²) in [5, 5.41) is 0.698. The molecule has 3 rings (SSSR count). The lowest BCUT2D eigenvalue weighted by molar-refractivity contribution is 0.0588. The summed E-state index contributed by atoms with van der Waals surface area (Å²) in [6, 6.07) is 19.9. The molecule has 0 saturated carbocycles. The molecule has 0 amide bonds. The van der Waals surface area contributed by atoms with Crippen LogP contribution < -0.4 is 0 Å². The van der Waals surface area contributed by atoms with Crippen LogP contribution in [0.3, 0.4) is 0 Å². The first-order valence-corrected chi connectivity index (χ1v) is 8.51. The van der Waals surface area contributed by atoms with E-state index in [1.165, 1.54) is 18.2 Å². The van der Waals surface area contributed by atoms with Crippen molar-refractivity contribution in [3.8, 4) is 0 Å². The molecule has 4 heteroatoms. The summed E-state index contributed by atoms with van der Waals surface area (Å²) >= 11 is 5.97. The van der Waals surface area contributed by atoms with Crippen LogP contribution in [0.2, 0.25) is 5.02 Å². The van der Waals surface area contributed by atoms with Gasteiger partial charge in [0.05, 0.1) is 7.11 Å². The van der Waals surface area contributed by atoms with Gasteiger partial charge in [-0.2, -0.15) is 0 Å². The SMILES string of the molecule is COC(=O)c1ccc(Cc2ccc(C)cc2)n1Cc1ccc(Cl)cc1. The van der Waals surface area contributed by atoms with Crippen LogP contribution in [0.4, 0.5) is 0 Å². The topological polar surface area (TPSA) is 31.2 Å². The zero-order valence-electron chi connectivity index (χ0n) is 14.3. The highest BCUT2D eigenvalue weighted by molar-refractivity contribution is 6.30. The molecule has 0 aliphatic heterocycles. The largest absolute Gasteiger partial charge is 0.464 e. The number of aromatic nitrogens is 1. The first-order valence-electron chi connectivity index (χ1n) is 8.13. The summed E-state index contributed by atoms with van der Waals surface area (Å²) in [6.45, 7) is 2.66. The maximum atomic E-state index is 12.1. The molecule has 0 atom stereocenters. The summed E-state index contributed by atoms with van der Waals surface area (Å²) in [6.07, 6.45) is 0.755. The molecule has 0 spiro atoms. The molecule has 0 N–H and O–H groups in total. The lowest BCUT2D eigenvalue weighted by Crippen LogP contribution is -2.14. The second-order valence-electron chi connectivity index (χ2n) is 6.08. The number of hydrogen-bond acceptors (Lipinski definition) is 2. The molecule has 0 bridgehead atoms. The van der Waals surface area contributed by atoms with Crippen molar-refractivity contribution in [3.63, 3.8) is 0 Å². The van der Waals surface area contributed by atoms with Gasteiger partial charge in [0.2, 0.25) is 0 Å². The average molecular weight is 354 g/mol. The van der Waals surface area contributed by atoms with E-state index in [9.17, 15) is 4.79 Å². The van der Waals surface area contributed by atoms with E-state index in [0.717, 1.165) is 17.7 Å². The van der Waals surface area contributed by atoms with Crippen LogP contribution in [-0.4, -0.2) is 17.6 Å². The molecule has 2 aromatic carbocycles. The second-order valence-corrected chi connectivity index (χ2v) is 6.51. The Morgan fingerprint density at radius 1 is 0.960 bits per heavy atom. The fourth-order valence-electron chi connectivity index (χ4n) is 2.82. The molecule has 0 aliphatic carbocycles. The summed E-state index contributed by atoms with van der Waals surface area (Å²) < 4.78 is 6.94. The quantitative estimate of drug-likeness (QED) is 0.612. The van der Waals surface area contributed by atoms with Gasteiger partial charge in [-0.3, -0.25) is 0 Å². The summed E-state index contributed by atoms with van der Waals surface area (Å²) in [5.41, 5.74) is 5.14. The number of esters is 1. The van der Waals surface area contributed by atoms with Crippen LogP contribution in [0, 0.1) is 6.92 Å². The van der Waals surface area contributed by atoms with E-state index in [1.807, 2.05) is 41.0 Å². The van der Waals surface area contributed by atoms with Crippen molar-refractivity contribution in [2.45, 2.75) is 19.9 Å². The summed E-state index contributed by atoms with van der Waals surface area (Å²) in [5.74, 6) is -0.330. The van der Waals surface area contributed by atoms with E-state index >= 15 is 0 Å². The van der Waals surface area contributed by atoms with Crippen molar-refractivity contribution in [3.05, 3.63) is 93.8 Å². The third-order valence-corrected chi connectivity index (χ3v) is 4.48. The van der Waals surface area contributed by atoms with Crippen LogP contribution in [0.15, 0.2) is 60.7 Å². The van der Waals surface area contributed by atoms with Crippen molar-refractivity contribution < 1.29 is 9.53 Å². The number of rotatable bonds is 5. The Kier molecular flexibility index (Phi) is 5.25. The minimum Gasteiger partial charge on any atom is -0.464 e. The molecule has 0 unspecified atom stereocenters. The Balaban J connectivity index is 1.94. The van der Waals surface area contributed by atoms with Gasteiger partial charge in [-0.15, -0.1) is 0 Å². The second kappa shape index (κ2) is 7.58. The van der Waals surface area contributed by atoms with E-state index < -0.39 is 0 Å². The smallest absolute Gasteiger partial charge is 0.354 e. The van der Waals surface area contributed by atoms with Crippen molar-refractivity contribution in [1.29, 1.82) is 0 Å². The van der Waals surface area contributed by atoms with Crippen molar-refractivity contribution >= 4 is 17.6 Å². The predicted octanol–water partition coefficient (Wildman–Crippen LogP) is 4.88. The van der Waals surface area contributed by atoms with Gasteiger partial charge < -0.3 is 9.30 Å². The summed E-state index contributed by atoms with van der Waals surface area (Å²) in [7, 11) is 1.40. The van der Waals surface area contributed by atoms with E-state index in [0.29, 0.717) is 17.3 Å².